The summed E-state index contributed by atoms with van der Waals surface area (Å²) >= 11 is 0. The van der Waals surface area contributed by atoms with Crippen LogP contribution in [0.15, 0.2) is 48.7 Å². The number of carbonyl (C=O) groups is 1. The summed E-state index contributed by atoms with van der Waals surface area (Å²) in [4.78, 5) is 20.8. The number of halogens is 2. The first-order chi connectivity index (χ1) is 18.3. The van der Waals surface area contributed by atoms with E-state index in [1.165, 1.54) is 23.4 Å². The third-order valence-electron chi connectivity index (χ3n) is 9.02. The number of rotatable bonds is 11. The molecule has 1 aliphatic carbocycles. The lowest BCUT2D eigenvalue weighted by molar-refractivity contribution is -0.143. The number of pyridine rings is 1. The predicted molar refractivity (Wildman–Crippen MR) is 144 cm³/mol. The van der Waals surface area contributed by atoms with Gasteiger partial charge in [0.1, 0.15) is 11.7 Å². The fourth-order valence-corrected chi connectivity index (χ4v) is 6.58. The Bertz CT molecular complexity index is 1070. The van der Waals surface area contributed by atoms with Crippen LogP contribution >= 0.6 is 0 Å². The predicted octanol–water partition coefficient (Wildman–Crippen LogP) is 5.94. The summed E-state index contributed by atoms with van der Waals surface area (Å²) in [5.74, 6) is -2.02. The van der Waals surface area contributed by atoms with Gasteiger partial charge in [-0.1, -0.05) is 48.7 Å². The van der Waals surface area contributed by atoms with Crippen molar-refractivity contribution < 1.29 is 18.7 Å². The molecule has 2 aromatic rings. The molecule has 0 unspecified atom stereocenters. The molecule has 1 aromatic carbocycles. The van der Waals surface area contributed by atoms with E-state index < -0.39 is 17.9 Å². The molecule has 5 nitrogen and oxygen atoms in total. The van der Waals surface area contributed by atoms with E-state index in [0.29, 0.717) is 30.1 Å². The number of nitrogens with zero attached hydrogens (tertiary/aromatic N) is 3. The van der Waals surface area contributed by atoms with Crippen molar-refractivity contribution in [1.82, 2.24) is 14.8 Å². The molecule has 3 aliphatic rings. The lowest BCUT2D eigenvalue weighted by atomic mass is 9.86. The quantitative estimate of drug-likeness (QED) is 0.393. The Labute approximate surface area is 225 Å². The number of aryl methyl sites for hydroxylation is 1. The SMILES string of the molecule is Cc1cccc([C@H]2CN([C@H](CC3CC3)C(=O)O)C[C@@H]2CN2CCC(CCC(F)(F)c3ccccn3)CC2)c1. The highest BCUT2D eigenvalue weighted by atomic mass is 19.3. The Morgan fingerprint density at radius 2 is 1.87 bits per heavy atom. The van der Waals surface area contributed by atoms with Crippen molar-refractivity contribution in [3.8, 4) is 0 Å². The molecule has 0 bridgehead atoms. The maximum absolute atomic E-state index is 14.6. The van der Waals surface area contributed by atoms with Gasteiger partial charge in [0.05, 0.1) is 0 Å². The number of likely N-dealkylation sites (tertiary alicyclic amines) is 2. The van der Waals surface area contributed by atoms with Gasteiger partial charge in [-0.05, 0) is 81.1 Å². The summed E-state index contributed by atoms with van der Waals surface area (Å²) in [6.07, 6.45) is 6.74. The van der Waals surface area contributed by atoms with E-state index >= 15 is 0 Å². The molecule has 3 atom stereocenters. The molecule has 5 rings (SSSR count). The molecule has 3 fully saturated rings. The van der Waals surface area contributed by atoms with Crippen molar-refractivity contribution in [1.29, 1.82) is 0 Å². The molecular formula is C31H41F2N3O2. The number of aromatic nitrogens is 1. The van der Waals surface area contributed by atoms with E-state index in [1.807, 2.05) is 0 Å². The van der Waals surface area contributed by atoms with Gasteiger partial charge < -0.3 is 10.0 Å². The summed E-state index contributed by atoms with van der Waals surface area (Å²) in [5, 5.41) is 10.0. The van der Waals surface area contributed by atoms with Crippen LogP contribution in [0.3, 0.4) is 0 Å². The van der Waals surface area contributed by atoms with Crippen molar-refractivity contribution >= 4 is 5.97 Å². The lowest BCUT2D eigenvalue weighted by Gasteiger charge is -2.35. The molecule has 1 N–H and O–H groups in total. The second-order valence-electron chi connectivity index (χ2n) is 12.0. The van der Waals surface area contributed by atoms with Gasteiger partial charge in [-0.3, -0.25) is 14.7 Å². The molecule has 1 saturated carbocycles. The molecule has 206 valence electrons. The summed E-state index contributed by atoms with van der Waals surface area (Å²) < 4.78 is 29.2. The Kier molecular flexibility index (Phi) is 8.44. The first kappa shape index (κ1) is 27.2. The second kappa shape index (κ2) is 11.8. The summed E-state index contributed by atoms with van der Waals surface area (Å²) in [5.41, 5.74) is 2.40. The van der Waals surface area contributed by atoms with Crippen LogP contribution in [0.4, 0.5) is 8.78 Å². The molecule has 0 radical (unpaired) electrons. The minimum absolute atomic E-state index is 0.133. The number of hydrogen-bond acceptors (Lipinski definition) is 4. The Hall–Kier alpha value is -2.38. The highest BCUT2D eigenvalue weighted by Gasteiger charge is 2.42. The average Bonchev–Trinajstić information content (AvgIpc) is 3.65. The number of benzene rings is 1. The van der Waals surface area contributed by atoms with Crippen LogP contribution in [0, 0.1) is 24.7 Å². The third kappa shape index (κ3) is 6.78. The lowest BCUT2D eigenvalue weighted by Crippen LogP contribution is -2.42. The van der Waals surface area contributed by atoms with Crippen LogP contribution in [0.1, 0.15) is 67.7 Å². The molecule has 7 heteroatoms. The van der Waals surface area contributed by atoms with Crippen LogP contribution in [0.5, 0.6) is 0 Å². The normalized spacial score (nSPS) is 24.5. The fourth-order valence-electron chi connectivity index (χ4n) is 6.58. The third-order valence-corrected chi connectivity index (χ3v) is 9.02. The van der Waals surface area contributed by atoms with Gasteiger partial charge in [0, 0.05) is 38.2 Å². The summed E-state index contributed by atoms with van der Waals surface area (Å²) in [6, 6.07) is 13.0. The number of carboxylic acid groups (broad SMARTS) is 1. The van der Waals surface area contributed by atoms with Gasteiger partial charge in [-0.25, -0.2) is 0 Å². The fraction of sp³-hybridized carbons (Fsp3) is 0.613. The van der Waals surface area contributed by atoms with Crippen molar-refractivity contribution in [2.24, 2.45) is 17.8 Å². The van der Waals surface area contributed by atoms with E-state index in [4.69, 9.17) is 0 Å². The van der Waals surface area contributed by atoms with Gasteiger partial charge in [-0.2, -0.15) is 8.78 Å². The zero-order chi connectivity index (χ0) is 26.7. The molecule has 2 saturated heterocycles. The van der Waals surface area contributed by atoms with Crippen molar-refractivity contribution in [3.05, 3.63) is 65.5 Å². The van der Waals surface area contributed by atoms with Crippen LogP contribution in [-0.2, 0) is 10.7 Å². The number of hydrogen-bond donors (Lipinski definition) is 1. The number of aliphatic carboxylic acids is 1. The summed E-state index contributed by atoms with van der Waals surface area (Å²) in [7, 11) is 0. The molecule has 38 heavy (non-hydrogen) atoms. The average molecular weight is 526 g/mol. The van der Waals surface area contributed by atoms with E-state index in [0.717, 1.165) is 64.8 Å². The smallest absolute Gasteiger partial charge is 0.320 e. The van der Waals surface area contributed by atoms with E-state index in [9.17, 15) is 18.7 Å². The monoisotopic (exact) mass is 525 g/mol. The summed E-state index contributed by atoms with van der Waals surface area (Å²) in [6.45, 7) is 6.47. The highest BCUT2D eigenvalue weighted by molar-refractivity contribution is 5.73. The Morgan fingerprint density at radius 3 is 2.53 bits per heavy atom. The number of alkyl halides is 2. The van der Waals surface area contributed by atoms with E-state index in [1.54, 1.807) is 12.1 Å². The molecular weight excluding hydrogens is 484 g/mol. The molecule has 0 spiro atoms. The number of piperidine rings is 1. The van der Waals surface area contributed by atoms with E-state index in [2.05, 4.69) is 46.0 Å². The van der Waals surface area contributed by atoms with Gasteiger partial charge in [0.15, 0.2) is 0 Å². The standard InChI is InChI=1S/C31H41F2N3O2/c1-22-5-4-6-25(17-22)27-21-36(28(30(37)38)18-24-8-9-24)20-26(27)19-35-15-11-23(12-16-35)10-13-31(32,33)29-7-2-3-14-34-29/h2-7,14,17,23-24,26-28H,8-13,15-16,18-21H2,1H3,(H,37,38)/t26-,27+,28+/m0/s1. The molecule has 1 aromatic heterocycles. The van der Waals surface area contributed by atoms with Crippen LogP contribution < -0.4 is 0 Å². The first-order valence-corrected chi connectivity index (χ1v) is 14.3. The van der Waals surface area contributed by atoms with Crippen LogP contribution in [-0.4, -0.2) is 64.6 Å². The molecule has 3 heterocycles. The molecule has 2 aliphatic heterocycles. The Morgan fingerprint density at radius 1 is 1.08 bits per heavy atom. The van der Waals surface area contributed by atoms with Crippen LogP contribution in [0.25, 0.3) is 0 Å². The molecule has 0 amide bonds. The largest absolute Gasteiger partial charge is 0.480 e. The van der Waals surface area contributed by atoms with E-state index in [-0.39, 0.29) is 12.1 Å². The minimum Gasteiger partial charge on any atom is -0.480 e. The topological polar surface area (TPSA) is 56.7 Å². The van der Waals surface area contributed by atoms with Crippen LogP contribution in [0.2, 0.25) is 0 Å². The van der Waals surface area contributed by atoms with Gasteiger partial charge >= 0.3 is 5.97 Å². The van der Waals surface area contributed by atoms with Crippen molar-refractivity contribution in [2.75, 3.05) is 32.7 Å². The van der Waals surface area contributed by atoms with Gasteiger partial charge in [-0.15, -0.1) is 0 Å². The zero-order valence-corrected chi connectivity index (χ0v) is 22.4. The van der Waals surface area contributed by atoms with Gasteiger partial charge in [0.25, 0.3) is 5.92 Å². The van der Waals surface area contributed by atoms with Gasteiger partial charge in [0.2, 0.25) is 0 Å². The second-order valence-corrected chi connectivity index (χ2v) is 12.0. The minimum atomic E-state index is -2.88. The Balaban J connectivity index is 1.18. The zero-order valence-electron chi connectivity index (χ0n) is 22.4. The van der Waals surface area contributed by atoms with Crippen molar-refractivity contribution in [3.63, 3.8) is 0 Å². The van der Waals surface area contributed by atoms with Crippen molar-refractivity contribution in [2.45, 2.75) is 69.8 Å². The first-order valence-electron chi connectivity index (χ1n) is 14.3. The maximum atomic E-state index is 14.6. The highest BCUT2D eigenvalue weighted by Crippen LogP contribution is 2.40. The maximum Gasteiger partial charge on any atom is 0.320 e. The number of carboxylic acids is 1.